The van der Waals surface area contributed by atoms with Crippen LogP contribution in [0.2, 0.25) is 0 Å². The molecular formula is C15H16O. The van der Waals surface area contributed by atoms with Crippen molar-refractivity contribution in [2.75, 3.05) is 0 Å². The van der Waals surface area contributed by atoms with Crippen LogP contribution in [0.3, 0.4) is 0 Å². The Bertz CT molecular complexity index is 471. The molecule has 1 N–H and O–H groups in total. The van der Waals surface area contributed by atoms with Crippen molar-refractivity contribution in [3.63, 3.8) is 0 Å². The van der Waals surface area contributed by atoms with E-state index in [0.29, 0.717) is 11.7 Å². The molecule has 1 atom stereocenters. The van der Waals surface area contributed by atoms with E-state index in [1.54, 1.807) is 12.1 Å². The summed E-state index contributed by atoms with van der Waals surface area (Å²) in [6.45, 7) is 4.29. The zero-order valence-electron chi connectivity index (χ0n) is 9.64. The van der Waals surface area contributed by atoms with E-state index in [-0.39, 0.29) is 0 Å². The van der Waals surface area contributed by atoms with E-state index >= 15 is 0 Å². The number of phenolic OH excluding ortho intramolecular Hbond substituents is 1. The van der Waals surface area contributed by atoms with Gasteiger partial charge in [0.15, 0.2) is 0 Å². The lowest BCUT2D eigenvalue weighted by atomic mass is 9.92. The van der Waals surface area contributed by atoms with Crippen LogP contribution in [-0.2, 0) is 0 Å². The SMILES string of the molecule is Cc1cccc(C(C)c2ccc(O)cc2)c1. The molecule has 2 rings (SSSR count). The van der Waals surface area contributed by atoms with Gasteiger partial charge in [0.2, 0.25) is 0 Å². The highest BCUT2D eigenvalue weighted by Crippen LogP contribution is 2.25. The fraction of sp³-hybridized carbons (Fsp3) is 0.200. The molecule has 0 spiro atoms. The summed E-state index contributed by atoms with van der Waals surface area (Å²) in [4.78, 5) is 0. The molecular weight excluding hydrogens is 196 g/mol. The minimum absolute atomic E-state index is 0.320. The number of rotatable bonds is 2. The van der Waals surface area contributed by atoms with Crippen LogP contribution >= 0.6 is 0 Å². The number of benzene rings is 2. The van der Waals surface area contributed by atoms with Crippen molar-refractivity contribution in [1.82, 2.24) is 0 Å². The molecule has 0 radical (unpaired) electrons. The van der Waals surface area contributed by atoms with Gasteiger partial charge in [-0.05, 0) is 30.2 Å². The largest absolute Gasteiger partial charge is 0.508 e. The van der Waals surface area contributed by atoms with Crippen molar-refractivity contribution in [1.29, 1.82) is 0 Å². The highest BCUT2D eigenvalue weighted by atomic mass is 16.3. The monoisotopic (exact) mass is 212 g/mol. The third-order valence-electron chi connectivity index (χ3n) is 2.94. The second-order valence-electron chi connectivity index (χ2n) is 4.23. The normalized spacial score (nSPS) is 12.4. The van der Waals surface area contributed by atoms with Crippen molar-refractivity contribution < 1.29 is 5.11 Å². The van der Waals surface area contributed by atoms with Crippen LogP contribution in [0.4, 0.5) is 0 Å². The Morgan fingerprint density at radius 3 is 2.25 bits per heavy atom. The lowest BCUT2D eigenvalue weighted by molar-refractivity contribution is 0.475. The standard InChI is InChI=1S/C15H16O/c1-11-4-3-5-14(10-11)12(2)13-6-8-15(16)9-7-13/h3-10,12,16H,1-2H3. The molecule has 0 saturated heterocycles. The first-order valence-corrected chi connectivity index (χ1v) is 5.52. The van der Waals surface area contributed by atoms with E-state index < -0.39 is 0 Å². The van der Waals surface area contributed by atoms with Gasteiger partial charge in [-0.3, -0.25) is 0 Å². The first kappa shape index (κ1) is 10.7. The van der Waals surface area contributed by atoms with Crippen LogP contribution in [0.25, 0.3) is 0 Å². The molecule has 82 valence electrons. The Kier molecular flexibility index (Phi) is 2.95. The maximum Gasteiger partial charge on any atom is 0.115 e. The van der Waals surface area contributed by atoms with Crippen molar-refractivity contribution in [3.8, 4) is 5.75 Å². The Labute approximate surface area is 96.4 Å². The van der Waals surface area contributed by atoms with Gasteiger partial charge in [-0.1, -0.05) is 48.9 Å². The van der Waals surface area contributed by atoms with Crippen LogP contribution in [0.15, 0.2) is 48.5 Å². The molecule has 0 heterocycles. The summed E-state index contributed by atoms with van der Waals surface area (Å²) in [5.41, 5.74) is 3.82. The number of phenols is 1. The van der Waals surface area contributed by atoms with Gasteiger partial charge in [-0.15, -0.1) is 0 Å². The Morgan fingerprint density at radius 1 is 0.938 bits per heavy atom. The molecule has 0 bridgehead atoms. The maximum absolute atomic E-state index is 9.25. The van der Waals surface area contributed by atoms with Crippen molar-refractivity contribution in [3.05, 3.63) is 65.2 Å². The summed E-state index contributed by atoms with van der Waals surface area (Å²) in [5, 5.41) is 9.25. The average Bonchev–Trinajstić information content (AvgIpc) is 2.29. The molecule has 0 aromatic heterocycles. The fourth-order valence-corrected chi connectivity index (χ4v) is 1.89. The summed E-state index contributed by atoms with van der Waals surface area (Å²) in [6.07, 6.45) is 0. The van der Waals surface area contributed by atoms with Crippen LogP contribution in [0.1, 0.15) is 29.5 Å². The summed E-state index contributed by atoms with van der Waals surface area (Å²) < 4.78 is 0. The topological polar surface area (TPSA) is 20.2 Å². The molecule has 0 aliphatic rings. The molecule has 1 heteroatoms. The molecule has 1 unspecified atom stereocenters. The molecule has 0 fully saturated rings. The lowest BCUT2D eigenvalue weighted by Gasteiger charge is -2.13. The van der Waals surface area contributed by atoms with E-state index in [2.05, 4.69) is 38.1 Å². The molecule has 0 aliphatic carbocycles. The van der Waals surface area contributed by atoms with Crippen LogP contribution in [-0.4, -0.2) is 5.11 Å². The minimum atomic E-state index is 0.320. The van der Waals surface area contributed by atoms with Gasteiger partial charge in [-0.2, -0.15) is 0 Å². The minimum Gasteiger partial charge on any atom is -0.508 e. The summed E-state index contributed by atoms with van der Waals surface area (Å²) >= 11 is 0. The Balaban J connectivity index is 2.31. The zero-order valence-corrected chi connectivity index (χ0v) is 9.64. The highest BCUT2D eigenvalue weighted by molar-refractivity contribution is 5.36. The molecule has 0 aliphatic heterocycles. The lowest BCUT2D eigenvalue weighted by Crippen LogP contribution is -1.95. The van der Waals surface area contributed by atoms with E-state index in [0.717, 1.165) is 0 Å². The number of hydrogen-bond acceptors (Lipinski definition) is 1. The molecule has 0 amide bonds. The predicted molar refractivity (Wildman–Crippen MR) is 66.8 cm³/mol. The van der Waals surface area contributed by atoms with Gasteiger partial charge in [0.05, 0.1) is 0 Å². The molecule has 2 aromatic rings. The smallest absolute Gasteiger partial charge is 0.115 e. The quantitative estimate of drug-likeness (QED) is 0.801. The first-order chi connectivity index (χ1) is 7.66. The van der Waals surface area contributed by atoms with Gasteiger partial charge in [0.25, 0.3) is 0 Å². The zero-order chi connectivity index (χ0) is 11.5. The van der Waals surface area contributed by atoms with Gasteiger partial charge < -0.3 is 5.11 Å². The number of hydrogen-bond donors (Lipinski definition) is 1. The van der Waals surface area contributed by atoms with Crippen molar-refractivity contribution in [2.24, 2.45) is 0 Å². The van der Waals surface area contributed by atoms with E-state index in [9.17, 15) is 5.11 Å². The van der Waals surface area contributed by atoms with Crippen LogP contribution < -0.4 is 0 Å². The summed E-state index contributed by atoms with van der Waals surface area (Å²) in [5.74, 6) is 0.681. The highest BCUT2D eigenvalue weighted by Gasteiger charge is 2.07. The van der Waals surface area contributed by atoms with Crippen molar-refractivity contribution in [2.45, 2.75) is 19.8 Å². The molecule has 0 saturated carbocycles. The van der Waals surface area contributed by atoms with Gasteiger partial charge in [0.1, 0.15) is 5.75 Å². The van der Waals surface area contributed by atoms with Gasteiger partial charge >= 0.3 is 0 Å². The Morgan fingerprint density at radius 2 is 1.62 bits per heavy atom. The van der Waals surface area contributed by atoms with E-state index in [1.807, 2.05) is 12.1 Å². The molecule has 16 heavy (non-hydrogen) atoms. The molecule has 1 nitrogen and oxygen atoms in total. The van der Waals surface area contributed by atoms with Crippen molar-refractivity contribution >= 4 is 0 Å². The first-order valence-electron chi connectivity index (χ1n) is 5.52. The summed E-state index contributed by atoms with van der Waals surface area (Å²) in [6, 6.07) is 16.0. The fourth-order valence-electron chi connectivity index (χ4n) is 1.89. The summed E-state index contributed by atoms with van der Waals surface area (Å²) in [7, 11) is 0. The van der Waals surface area contributed by atoms with E-state index in [1.165, 1.54) is 16.7 Å². The predicted octanol–water partition coefficient (Wildman–Crippen LogP) is 3.85. The second-order valence-corrected chi connectivity index (χ2v) is 4.23. The number of aryl methyl sites for hydroxylation is 1. The van der Waals surface area contributed by atoms with Gasteiger partial charge in [0, 0.05) is 5.92 Å². The maximum atomic E-state index is 9.25. The Hall–Kier alpha value is -1.76. The molecule has 2 aromatic carbocycles. The van der Waals surface area contributed by atoms with E-state index in [4.69, 9.17) is 0 Å². The average molecular weight is 212 g/mol. The number of aromatic hydroxyl groups is 1. The third kappa shape index (κ3) is 2.25. The van der Waals surface area contributed by atoms with Crippen LogP contribution in [0.5, 0.6) is 5.75 Å². The third-order valence-corrected chi connectivity index (χ3v) is 2.94. The van der Waals surface area contributed by atoms with Gasteiger partial charge in [-0.25, -0.2) is 0 Å². The van der Waals surface area contributed by atoms with Crippen LogP contribution in [0, 0.1) is 6.92 Å². The second kappa shape index (κ2) is 4.40.